The van der Waals surface area contributed by atoms with Gasteiger partial charge < -0.3 is 9.47 Å². The van der Waals surface area contributed by atoms with Crippen LogP contribution < -0.4 is 4.74 Å². The average molecular weight is 336 g/mol. The van der Waals surface area contributed by atoms with Crippen LogP contribution in [-0.2, 0) is 17.8 Å². The molecule has 3 nitrogen and oxygen atoms in total. The molecule has 0 radical (unpaired) electrons. The predicted octanol–water partition coefficient (Wildman–Crippen LogP) is 4.00. The standard InChI is InChI=1S/C16H18BrNO2/c1-19-15-4-5-16(17)14(11-15)12-20-10-2-3-13-6-8-18-9-7-13/h4-9,11H,2-3,10,12H2,1H3. The summed E-state index contributed by atoms with van der Waals surface area (Å²) >= 11 is 3.52. The maximum atomic E-state index is 5.72. The highest BCUT2D eigenvalue weighted by Gasteiger charge is 2.02. The number of methoxy groups -OCH3 is 1. The summed E-state index contributed by atoms with van der Waals surface area (Å²) in [7, 11) is 1.67. The zero-order chi connectivity index (χ0) is 14.2. The first-order valence-corrected chi connectivity index (χ1v) is 7.38. The zero-order valence-electron chi connectivity index (χ0n) is 11.5. The predicted molar refractivity (Wildman–Crippen MR) is 82.9 cm³/mol. The fourth-order valence-electron chi connectivity index (χ4n) is 1.90. The molecule has 0 unspecified atom stereocenters. The van der Waals surface area contributed by atoms with Crippen molar-refractivity contribution >= 4 is 15.9 Å². The third-order valence-electron chi connectivity index (χ3n) is 3.01. The number of aryl methyl sites for hydroxylation is 1. The normalized spacial score (nSPS) is 10.5. The summed E-state index contributed by atoms with van der Waals surface area (Å²) in [4.78, 5) is 4.01. The van der Waals surface area contributed by atoms with Crippen LogP contribution in [0.5, 0.6) is 5.75 Å². The monoisotopic (exact) mass is 335 g/mol. The van der Waals surface area contributed by atoms with Crippen molar-refractivity contribution in [2.24, 2.45) is 0 Å². The van der Waals surface area contributed by atoms with Crippen molar-refractivity contribution in [3.8, 4) is 5.75 Å². The maximum Gasteiger partial charge on any atom is 0.119 e. The molecule has 0 aliphatic carbocycles. The number of aromatic nitrogens is 1. The van der Waals surface area contributed by atoms with Crippen LogP contribution in [-0.4, -0.2) is 18.7 Å². The van der Waals surface area contributed by atoms with Crippen molar-refractivity contribution in [2.75, 3.05) is 13.7 Å². The Morgan fingerprint density at radius 3 is 2.70 bits per heavy atom. The van der Waals surface area contributed by atoms with Crippen LogP contribution in [0.15, 0.2) is 47.2 Å². The van der Waals surface area contributed by atoms with Gasteiger partial charge in [-0.3, -0.25) is 4.98 Å². The van der Waals surface area contributed by atoms with E-state index in [1.54, 1.807) is 7.11 Å². The molecule has 0 aliphatic rings. The molecule has 0 atom stereocenters. The molecule has 1 heterocycles. The van der Waals surface area contributed by atoms with Gasteiger partial charge in [0, 0.05) is 23.5 Å². The Bertz CT molecular complexity index is 531. The molecular formula is C16H18BrNO2. The molecule has 1 aromatic carbocycles. The van der Waals surface area contributed by atoms with Gasteiger partial charge in [0.05, 0.1) is 13.7 Å². The van der Waals surface area contributed by atoms with Crippen molar-refractivity contribution in [3.63, 3.8) is 0 Å². The highest BCUT2D eigenvalue weighted by Crippen LogP contribution is 2.23. The number of halogens is 1. The molecular weight excluding hydrogens is 318 g/mol. The minimum Gasteiger partial charge on any atom is -0.497 e. The molecule has 0 spiro atoms. The molecule has 4 heteroatoms. The first kappa shape index (κ1) is 15.0. The second kappa shape index (κ2) is 8.02. The second-order valence-electron chi connectivity index (χ2n) is 4.47. The number of rotatable bonds is 7. The number of benzene rings is 1. The van der Waals surface area contributed by atoms with Gasteiger partial charge in [0.2, 0.25) is 0 Å². The lowest BCUT2D eigenvalue weighted by molar-refractivity contribution is 0.118. The van der Waals surface area contributed by atoms with Crippen molar-refractivity contribution < 1.29 is 9.47 Å². The van der Waals surface area contributed by atoms with E-state index in [-0.39, 0.29) is 0 Å². The largest absolute Gasteiger partial charge is 0.497 e. The molecule has 0 fully saturated rings. The van der Waals surface area contributed by atoms with Gasteiger partial charge in [0.1, 0.15) is 5.75 Å². The van der Waals surface area contributed by atoms with E-state index in [0.29, 0.717) is 6.61 Å². The number of hydrogen-bond acceptors (Lipinski definition) is 3. The molecule has 2 rings (SSSR count). The van der Waals surface area contributed by atoms with Crippen molar-refractivity contribution in [3.05, 3.63) is 58.3 Å². The van der Waals surface area contributed by atoms with Gasteiger partial charge in [-0.15, -0.1) is 0 Å². The first-order chi connectivity index (χ1) is 9.79. The van der Waals surface area contributed by atoms with Crippen LogP contribution in [0.25, 0.3) is 0 Å². The molecule has 0 amide bonds. The lowest BCUT2D eigenvalue weighted by Gasteiger charge is -2.08. The summed E-state index contributed by atoms with van der Waals surface area (Å²) in [5, 5.41) is 0. The minimum absolute atomic E-state index is 0.591. The van der Waals surface area contributed by atoms with Crippen molar-refractivity contribution in [1.82, 2.24) is 4.98 Å². The third-order valence-corrected chi connectivity index (χ3v) is 3.79. The Kier molecular flexibility index (Phi) is 6.02. The fourth-order valence-corrected chi connectivity index (χ4v) is 2.26. The summed E-state index contributed by atoms with van der Waals surface area (Å²) in [5.41, 5.74) is 2.40. The first-order valence-electron chi connectivity index (χ1n) is 6.58. The zero-order valence-corrected chi connectivity index (χ0v) is 13.1. The topological polar surface area (TPSA) is 31.4 Å². The molecule has 2 aromatic rings. The van der Waals surface area contributed by atoms with Gasteiger partial charge in [-0.05, 0) is 54.3 Å². The van der Waals surface area contributed by atoms with E-state index in [4.69, 9.17) is 9.47 Å². The quantitative estimate of drug-likeness (QED) is 0.716. The molecule has 0 N–H and O–H groups in total. The Hall–Kier alpha value is -1.39. The van der Waals surface area contributed by atoms with Crippen LogP contribution in [0.4, 0.5) is 0 Å². The molecule has 0 aliphatic heterocycles. The Morgan fingerprint density at radius 2 is 1.95 bits per heavy atom. The summed E-state index contributed by atoms with van der Waals surface area (Å²) < 4.78 is 12.0. The number of hydrogen-bond donors (Lipinski definition) is 0. The molecule has 106 valence electrons. The second-order valence-corrected chi connectivity index (χ2v) is 5.32. The van der Waals surface area contributed by atoms with Gasteiger partial charge in [0.15, 0.2) is 0 Å². The van der Waals surface area contributed by atoms with Gasteiger partial charge >= 0.3 is 0 Å². The molecule has 0 saturated carbocycles. The third kappa shape index (κ3) is 4.62. The lowest BCUT2D eigenvalue weighted by atomic mass is 10.1. The Balaban J connectivity index is 1.73. The molecule has 0 saturated heterocycles. The molecule has 0 bridgehead atoms. The lowest BCUT2D eigenvalue weighted by Crippen LogP contribution is -1.99. The highest BCUT2D eigenvalue weighted by molar-refractivity contribution is 9.10. The highest BCUT2D eigenvalue weighted by atomic mass is 79.9. The molecule has 20 heavy (non-hydrogen) atoms. The Morgan fingerprint density at radius 1 is 1.15 bits per heavy atom. The van der Waals surface area contributed by atoms with E-state index in [9.17, 15) is 0 Å². The average Bonchev–Trinajstić information content (AvgIpc) is 2.50. The van der Waals surface area contributed by atoms with Crippen LogP contribution in [0.1, 0.15) is 17.5 Å². The van der Waals surface area contributed by atoms with Gasteiger partial charge in [-0.25, -0.2) is 0 Å². The van der Waals surface area contributed by atoms with Crippen LogP contribution in [0.3, 0.4) is 0 Å². The van der Waals surface area contributed by atoms with E-state index >= 15 is 0 Å². The SMILES string of the molecule is COc1ccc(Br)c(COCCCc2ccncc2)c1. The summed E-state index contributed by atoms with van der Waals surface area (Å²) in [6.07, 6.45) is 5.67. The Labute approximate surface area is 128 Å². The van der Waals surface area contributed by atoms with Crippen LogP contribution >= 0.6 is 15.9 Å². The maximum absolute atomic E-state index is 5.72. The van der Waals surface area contributed by atoms with E-state index in [1.165, 1.54) is 5.56 Å². The van der Waals surface area contributed by atoms with Gasteiger partial charge in [-0.1, -0.05) is 15.9 Å². The summed E-state index contributed by atoms with van der Waals surface area (Å²) in [5.74, 6) is 0.851. The van der Waals surface area contributed by atoms with Gasteiger partial charge in [0.25, 0.3) is 0 Å². The van der Waals surface area contributed by atoms with Crippen LogP contribution in [0, 0.1) is 0 Å². The van der Waals surface area contributed by atoms with E-state index in [1.807, 2.05) is 42.7 Å². The van der Waals surface area contributed by atoms with E-state index < -0.39 is 0 Å². The minimum atomic E-state index is 0.591. The number of pyridine rings is 1. The van der Waals surface area contributed by atoms with E-state index in [2.05, 4.69) is 20.9 Å². The summed E-state index contributed by atoms with van der Waals surface area (Å²) in [6, 6.07) is 9.98. The summed E-state index contributed by atoms with van der Waals surface area (Å²) in [6.45, 7) is 1.33. The number of ether oxygens (including phenoxy) is 2. The van der Waals surface area contributed by atoms with Crippen molar-refractivity contribution in [1.29, 1.82) is 0 Å². The smallest absolute Gasteiger partial charge is 0.119 e. The van der Waals surface area contributed by atoms with Gasteiger partial charge in [-0.2, -0.15) is 0 Å². The number of nitrogens with zero attached hydrogens (tertiary/aromatic N) is 1. The van der Waals surface area contributed by atoms with E-state index in [0.717, 1.165) is 35.2 Å². The fraction of sp³-hybridized carbons (Fsp3) is 0.312. The van der Waals surface area contributed by atoms with Crippen molar-refractivity contribution in [2.45, 2.75) is 19.4 Å². The molecule has 1 aromatic heterocycles. The van der Waals surface area contributed by atoms with Crippen LogP contribution in [0.2, 0.25) is 0 Å².